The summed E-state index contributed by atoms with van der Waals surface area (Å²) in [5, 5.41) is 29.4. The van der Waals surface area contributed by atoms with Crippen LogP contribution in [0.15, 0.2) is 42.7 Å². The summed E-state index contributed by atoms with van der Waals surface area (Å²) in [5.41, 5.74) is 3.30. The molecule has 0 saturated carbocycles. The number of rotatable bonds is 9. The van der Waals surface area contributed by atoms with Gasteiger partial charge in [-0.2, -0.15) is 14.6 Å². The van der Waals surface area contributed by atoms with Crippen LogP contribution in [0.25, 0.3) is 5.78 Å². The minimum Gasteiger partial charge on any atom is -0.481 e. The lowest BCUT2D eigenvalue weighted by Gasteiger charge is -2.26. The standard InChI is InChI=1S/C28H26F2N6O5/c1-13-17(27(40)41)4-5-18-19(13)8-16(9-24(37)38)25(18)34-14(2)23-10-22(35-28-32-12-33-36(23)28)26(39)31-11-15-3-6-20(29)21(30)7-15/h3-7,10,12,14,16,25,34H,8-9,11H2,1-2H3,(H,31,39)(H,37,38)(H,40,41)/t14?,16?,25-/m0/s1. The van der Waals surface area contributed by atoms with E-state index in [-0.39, 0.29) is 35.9 Å². The Labute approximate surface area is 232 Å². The van der Waals surface area contributed by atoms with Crippen LogP contribution in [0.5, 0.6) is 0 Å². The Morgan fingerprint density at radius 3 is 2.61 bits per heavy atom. The molecule has 0 fully saturated rings. The molecule has 2 aromatic carbocycles. The van der Waals surface area contributed by atoms with Gasteiger partial charge >= 0.3 is 11.9 Å². The van der Waals surface area contributed by atoms with Crippen LogP contribution in [0.1, 0.15) is 74.2 Å². The van der Waals surface area contributed by atoms with Gasteiger partial charge in [0.2, 0.25) is 0 Å². The molecule has 0 aliphatic heterocycles. The van der Waals surface area contributed by atoms with Crippen molar-refractivity contribution in [3.63, 3.8) is 0 Å². The van der Waals surface area contributed by atoms with E-state index >= 15 is 0 Å². The van der Waals surface area contributed by atoms with Crippen molar-refractivity contribution in [1.29, 1.82) is 0 Å². The van der Waals surface area contributed by atoms with E-state index in [9.17, 15) is 33.4 Å². The number of carbonyl (C=O) groups excluding carboxylic acids is 1. The molecular weight excluding hydrogens is 538 g/mol. The number of amides is 1. The lowest BCUT2D eigenvalue weighted by Crippen LogP contribution is -2.31. The molecule has 0 radical (unpaired) electrons. The SMILES string of the molecule is Cc1c(C(=O)O)ccc2c1CC(CC(=O)O)[C@@H]2NC(C)c1cc(C(=O)NCc2ccc(F)c(F)c2)nc2ncnn12. The van der Waals surface area contributed by atoms with Gasteiger partial charge in [-0.05, 0) is 72.7 Å². The molecule has 2 heterocycles. The van der Waals surface area contributed by atoms with E-state index in [1.807, 2.05) is 6.92 Å². The predicted molar refractivity (Wildman–Crippen MR) is 140 cm³/mol. The topological polar surface area (TPSA) is 159 Å². The van der Waals surface area contributed by atoms with Gasteiger partial charge in [0.15, 0.2) is 11.6 Å². The number of carboxylic acid groups (broad SMARTS) is 2. The van der Waals surface area contributed by atoms with Crippen molar-refractivity contribution in [1.82, 2.24) is 30.2 Å². The second-order valence-electron chi connectivity index (χ2n) is 10.0. The Kier molecular flexibility index (Phi) is 7.45. The molecule has 0 saturated heterocycles. The normalized spacial score (nSPS) is 16.9. The summed E-state index contributed by atoms with van der Waals surface area (Å²) in [7, 11) is 0. The van der Waals surface area contributed by atoms with Gasteiger partial charge in [0.25, 0.3) is 11.7 Å². The fourth-order valence-electron chi connectivity index (χ4n) is 5.38. The van der Waals surface area contributed by atoms with Crippen molar-refractivity contribution < 1.29 is 33.4 Å². The molecule has 13 heteroatoms. The molecule has 2 unspecified atom stereocenters. The summed E-state index contributed by atoms with van der Waals surface area (Å²) in [5.74, 6) is -4.79. The van der Waals surface area contributed by atoms with Gasteiger partial charge in [-0.15, -0.1) is 0 Å². The van der Waals surface area contributed by atoms with E-state index in [4.69, 9.17) is 0 Å². The maximum atomic E-state index is 13.6. The number of carbonyl (C=O) groups is 3. The van der Waals surface area contributed by atoms with E-state index in [0.717, 1.165) is 23.3 Å². The third kappa shape index (κ3) is 5.48. The third-order valence-corrected chi connectivity index (χ3v) is 7.40. The Balaban J connectivity index is 1.43. The number of aromatic carboxylic acids is 1. The zero-order valence-electron chi connectivity index (χ0n) is 22.1. The zero-order chi connectivity index (χ0) is 29.4. The summed E-state index contributed by atoms with van der Waals surface area (Å²) >= 11 is 0. The Hall–Kier alpha value is -4.78. The van der Waals surface area contributed by atoms with Gasteiger partial charge in [-0.3, -0.25) is 9.59 Å². The highest BCUT2D eigenvalue weighted by atomic mass is 19.2. The molecule has 1 amide bonds. The van der Waals surface area contributed by atoms with Gasteiger partial charge in [-0.1, -0.05) is 12.1 Å². The molecule has 0 bridgehead atoms. The molecule has 4 aromatic rings. The first-order chi connectivity index (χ1) is 19.5. The molecule has 3 atom stereocenters. The van der Waals surface area contributed by atoms with Gasteiger partial charge in [-0.25, -0.2) is 18.6 Å². The highest BCUT2D eigenvalue weighted by molar-refractivity contribution is 5.92. The number of halogens is 2. The van der Waals surface area contributed by atoms with Gasteiger partial charge < -0.3 is 20.8 Å². The molecule has 11 nitrogen and oxygen atoms in total. The summed E-state index contributed by atoms with van der Waals surface area (Å²) in [6.45, 7) is 3.48. The second-order valence-corrected chi connectivity index (χ2v) is 10.0. The van der Waals surface area contributed by atoms with Crippen molar-refractivity contribution in [2.45, 2.75) is 45.3 Å². The fraction of sp³-hybridized carbons (Fsp3) is 0.286. The summed E-state index contributed by atoms with van der Waals surface area (Å²) in [6.07, 6.45) is 1.55. The average Bonchev–Trinajstić information content (AvgIpc) is 3.53. The number of benzene rings is 2. The van der Waals surface area contributed by atoms with Gasteiger partial charge in [0.1, 0.15) is 12.0 Å². The lowest BCUT2D eigenvalue weighted by atomic mass is 9.95. The number of aliphatic carboxylic acids is 1. The molecule has 0 spiro atoms. The van der Waals surface area contributed by atoms with Gasteiger partial charge in [0, 0.05) is 18.6 Å². The number of nitrogens with one attached hydrogen (secondary N) is 2. The number of aromatic nitrogens is 4. The van der Waals surface area contributed by atoms with E-state index in [1.54, 1.807) is 13.0 Å². The molecule has 2 aromatic heterocycles. The number of fused-ring (bicyclic) bond motifs is 2. The smallest absolute Gasteiger partial charge is 0.335 e. The summed E-state index contributed by atoms with van der Waals surface area (Å²) < 4.78 is 28.3. The van der Waals surface area contributed by atoms with E-state index < -0.39 is 41.6 Å². The summed E-state index contributed by atoms with van der Waals surface area (Å²) in [6, 6.07) is 7.20. The van der Waals surface area contributed by atoms with Crippen molar-refractivity contribution in [2.75, 3.05) is 0 Å². The Morgan fingerprint density at radius 2 is 1.90 bits per heavy atom. The highest BCUT2D eigenvalue weighted by Gasteiger charge is 2.37. The number of nitrogens with zero attached hydrogens (tertiary/aromatic N) is 4. The fourth-order valence-corrected chi connectivity index (χ4v) is 5.38. The third-order valence-electron chi connectivity index (χ3n) is 7.40. The van der Waals surface area contributed by atoms with Crippen LogP contribution in [0.3, 0.4) is 0 Å². The number of hydrogen-bond acceptors (Lipinski definition) is 7. The van der Waals surface area contributed by atoms with E-state index in [0.29, 0.717) is 23.2 Å². The first kappa shape index (κ1) is 27.8. The van der Waals surface area contributed by atoms with Crippen LogP contribution >= 0.6 is 0 Å². The van der Waals surface area contributed by atoms with Crippen molar-refractivity contribution in [2.24, 2.45) is 5.92 Å². The molecule has 1 aliphatic rings. The lowest BCUT2D eigenvalue weighted by molar-refractivity contribution is -0.138. The molecular formula is C28H26F2N6O5. The quantitative estimate of drug-likeness (QED) is 0.239. The van der Waals surface area contributed by atoms with Crippen molar-refractivity contribution in [3.05, 3.63) is 93.6 Å². The minimum atomic E-state index is -1.05. The summed E-state index contributed by atoms with van der Waals surface area (Å²) in [4.78, 5) is 44.7. The van der Waals surface area contributed by atoms with Crippen LogP contribution in [-0.4, -0.2) is 47.6 Å². The first-order valence-electron chi connectivity index (χ1n) is 12.8. The maximum Gasteiger partial charge on any atom is 0.335 e. The Morgan fingerprint density at radius 1 is 1.12 bits per heavy atom. The zero-order valence-corrected chi connectivity index (χ0v) is 22.1. The van der Waals surface area contributed by atoms with Crippen LogP contribution in [0, 0.1) is 24.5 Å². The molecule has 212 valence electrons. The molecule has 5 rings (SSSR count). The monoisotopic (exact) mass is 564 g/mol. The Bertz CT molecular complexity index is 1690. The second kappa shape index (κ2) is 11.0. The molecule has 1 aliphatic carbocycles. The number of carboxylic acids is 2. The van der Waals surface area contributed by atoms with Crippen LogP contribution < -0.4 is 10.6 Å². The number of hydrogen-bond donors (Lipinski definition) is 4. The minimum absolute atomic E-state index is 0.0209. The average molecular weight is 565 g/mol. The van der Waals surface area contributed by atoms with Crippen LogP contribution in [0.4, 0.5) is 8.78 Å². The first-order valence-corrected chi connectivity index (χ1v) is 12.8. The largest absolute Gasteiger partial charge is 0.481 e. The predicted octanol–water partition coefficient (Wildman–Crippen LogP) is 3.38. The maximum absolute atomic E-state index is 13.6. The van der Waals surface area contributed by atoms with Crippen LogP contribution in [0.2, 0.25) is 0 Å². The molecule has 4 N–H and O–H groups in total. The van der Waals surface area contributed by atoms with Gasteiger partial charge in [0.05, 0.1) is 17.7 Å². The van der Waals surface area contributed by atoms with Crippen LogP contribution in [-0.2, 0) is 17.8 Å². The van der Waals surface area contributed by atoms with Crippen molar-refractivity contribution in [3.8, 4) is 0 Å². The van der Waals surface area contributed by atoms with E-state index in [1.165, 1.54) is 29.0 Å². The van der Waals surface area contributed by atoms with Crippen molar-refractivity contribution >= 4 is 23.6 Å². The molecule has 41 heavy (non-hydrogen) atoms. The highest BCUT2D eigenvalue weighted by Crippen LogP contribution is 2.41. The van der Waals surface area contributed by atoms with E-state index in [2.05, 4.69) is 25.7 Å².